The number of nitrogens with two attached hydrogens (primary N) is 1. The van der Waals surface area contributed by atoms with Crippen LogP contribution in [0.1, 0.15) is 60.3 Å². The Morgan fingerprint density at radius 1 is 1.42 bits per heavy atom. The summed E-state index contributed by atoms with van der Waals surface area (Å²) in [6.07, 6.45) is 4.75. The first-order valence-electron chi connectivity index (χ1n) is 7.78. The monoisotopic (exact) mass is 266 g/mol. The van der Waals surface area contributed by atoms with Crippen molar-refractivity contribution in [3.63, 3.8) is 0 Å². The van der Waals surface area contributed by atoms with Crippen molar-refractivity contribution in [3.05, 3.63) is 0 Å². The lowest BCUT2D eigenvalue weighted by Crippen LogP contribution is -2.57. The molecule has 0 radical (unpaired) electrons. The van der Waals surface area contributed by atoms with E-state index in [-0.39, 0.29) is 34.7 Å². The van der Waals surface area contributed by atoms with Gasteiger partial charge in [-0.1, -0.05) is 41.0 Å². The normalized spacial score (nSPS) is 39.1. The van der Waals surface area contributed by atoms with Crippen molar-refractivity contribution >= 4 is 5.91 Å². The molecule has 0 aromatic carbocycles. The van der Waals surface area contributed by atoms with E-state index in [9.17, 15) is 4.79 Å². The van der Waals surface area contributed by atoms with E-state index in [2.05, 4.69) is 39.9 Å². The average Bonchev–Trinajstić information content (AvgIpc) is 2.83. The Bertz CT molecular complexity index is 361. The zero-order chi connectivity index (χ0) is 14.4. The van der Waals surface area contributed by atoms with Crippen LogP contribution < -0.4 is 11.1 Å². The van der Waals surface area contributed by atoms with Crippen molar-refractivity contribution in [1.82, 2.24) is 5.32 Å². The molecule has 2 aliphatic rings. The lowest BCUT2D eigenvalue weighted by atomic mass is 9.68. The molecule has 0 aliphatic heterocycles. The van der Waals surface area contributed by atoms with Crippen molar-refractivity contribution < 1.29 is 4.79 Å². The molecular weight excluding hydrogens is 236 g/mol. The number of amides is 1. The van der Waals surface area contributed by atoms with Gasteiger partial charge in [0.25, 0.3) is 0 Å². The number of fused-ring (bicyclic) bond motifs is 2. The third-order valence-electron chi connectivity index (χ3n) is 6.12. The van der Waals surface area contributed by atoms with Gasteiger partial charge >= 0.3 is 0 Å². The van der Waals surface area contributed by atoms with Crippen molar-refractivity contribution in [3.8, 4) is 0 Å². The fraction of sp³-hybridized carbons (Fsp3) is 0.938. The van der Waals surface area contributed by atoms with Crippen molar-refractivity contribution in [2.75, 3.05) is 0 Å². The summed E-state index contributed by atoms with van der Waals surface area (Å²) in [5.74, 6) is 1.04. The Morgan fingerprint density at radius 3 is 2.53 bits per heavy atom. The lowest BCUT2D eigenvalue weighted by Gasteiger charge is -2.43. The molecule has 3 heteroatoms. The Labute approximate surface area is 117 Å². The summed E-state index contributed by atoms with van der Waals surface area (Å²) >= 11 is 0. The highest BCUT2D eigenvalue weighted by Crippen LogP contribution is 2.62. The van der Waals surface area contributed by atoms with Gasteiger partial charge in [-0.15, -0.1) is 0 Å². The van der Waals surface area contributed by atoms with Crippen LogP contribution in [0, 0.1) is 22.7 Å². The van der Waals surface area contributed by atoms with Crippen molar-refractivity contribution in [1.29, 1.82) is 0 Å². The van der Waals surface area contributed by atoms with Crippen LogP contribution in [0.25, 0.3) is 0 Å². The molecule has 0 heterocycles. The number of hydrogen-bond donors (Lipinski definition) is 2. The predicted octanol–water partition coefficient (Wildman–Crippen LogP) is 2.69. The quantitative estimate of drug-likeness (QED) is 0.822. The van der Waals surface area contributed by atoms with Gasteiger partial charge in [0, 0.05) is 6.04 Å². The van der Waals surface area contributed by atoms with Crippen LogP contribution in [-0.2, 0) is 4.79 Å². The minimum Gasteiger partial charge on any atom is -0.351 e. The van der Waals surface area contributed by atoms with E-state index in [1.54, 1.807) is 0 Å². The molecule has 5 atom stereocenters. The van der Waals surface area contributed by atoms with Gasteiger partial charge in [0.2, 0.25) is 5.91 Å². The first-order valence-corrected chi connectivity index (χ1v) is 7.78. The Balaban J connectivity index is 2.08. The minimum absolute atomic E-state index is 0.0428. The maximum atomic E-state index is 12.4. The zero-order valence-corrected chi connectivity index (χ0v) is 13.1. The third kappa shape index (κ3) is 2.31. The fourth-order valence-electron chi connectivity index (χ4n) is 4.41. The molecule has 19 heavy (non-hydrogen) atoms. The molecule has 0 aromatic heterocycles. The molecule has 1 amide bonds. The smallest absolute Gasteiger partial charge is 0.237 e. The summed E-state index contributed by atoms with van der Waals surface area (Å²) in [5, 5.41) is 3.29. The van der Waals surface area contributed by atoms with E-state index in [1.807, 2.05) is 0 Å². The van der Waals surface area contributed by atoms with Gasteiger partial charge < -0.3 is 11.1 Å². The van der Waals surface area contributed by atoms with Crippen LogP contribution in [-0.4, -0.2) is 18.0 Å². The molecule has 0 saturated heterocycles. The summed E-state index contributed by atoms with van der Waals surface area (Å²) in [7, 11) is 0. The van der Waals surface area contributed by atoms with Crippen molar-refractivity contribution in [2.24, 2.45) is 28.4 Å². The van der Waals surface area contributed by atoms with E-state index >= 15 is 0 Å². The molecule has 3 nitrogen and oxygen atoms in total. The summed E-state index contributed by atoms with van der Waals surface area (Å²) in [4.78, 5) is 12.4. The SMILES string of the molecule is CC[C@H](C)[C@H](N)C(=O)NC1C2(C)CCC(C2)C1(C)C. The number of carbonyl (C=O) groups is 1. The standard InChI is InChI=1S/C16H30N2O/c1-6-10(2)12(17)13(19)18-14-15(3,4)11-7-8-16(14,5)9-11/h10-12,14H,6-9,17H2,1-5H3,(H,18,19)/t10-,11?,12-,14?,16?/m0/s1. The molecule has 3 N–H and O–H groups in total. The summed E-state index contributed by atoms with van der Waals surface area (Å²) in [6, 6.07) is -0.0927. The predicted molar refractivity (Wildman–Crippen MR) is 78.6 cm³/mol. The number of rotatable bonds is 4. The molecule has 0 aromatic rings. The Morgan fingerprint density at radius 2 is 2.05 bits per heavy atom. The molecule has 110 valence electrons. The second-order valence-electron chi connectivity index (χ2n) is 7.77. The molecule has 2 rings (SSSR count). The highest BCUT2D eigenvalue weighted by Gasteiger charge is 2.59. The molecule has 2 bridgehead atoms. The van der Waals surface area contributed by atoms with Gasteiger partial charge in [0.15, 0.2) is 0 Å². The molecule has 2 fully saturated rings. The zero-order valence-electron chi connectivity index (χ0n) is 13.1. The molecule has 3 unspecified atom stereocenters. The average molecular weight is 266 g/mol. The molecule has 2 aliphatic carbocycles. The second-order valence-corrected chi connectivity index (χ2v) is 7.77. The lowest BCUT2D eigenvalue weighted by molar-refractivity contribution is -0.126. The number of carbonyl (C=O) groups excluding carboxylic acids is 1. The van der Waals surface area contributed by atoms with E-state index in [0.717, 1.165) is 12.3 Å². The van der Waals surface area contributed by atoms with Crippen molar-refractivity contribution in [2.45, 2.75) is 72.4 Å². The fourth-order valence-corrected chi connectivity index (χ4v) is 4.41. The van der Waals surface area contributed by atoms with E-state index in [1.165, 1.54) is 19.3 Å². The Hall–Kier alpha value is -0.570. The van der Waals surface area contributed by atoms with Crippen LogP contribution in [0.3, 0.4) is 0 Å². The topological polar surface area (TPSA) is 55.1 Å². The largest absolute Gasteiger partial charge is 0.351 e. The maximum absolute atomic E-state index is 12.4. The van der Waals surface area contributed by atoms with Crippen LogP contribution in [0.4, 0.5) is 0 Å². The number of nitrogens with one attached hydrogen (secondary N) is 1. The van der Waals surface area contributed by atoms with E-state index < -0.39 is 0 Å². The highest BCUT2D eigenvalue weighted by atomic mass is 16.2. The first-order chi connectivity index (χ1) is 8.72. The second kappa shape index (κ2) is 4.76. The first kappa shape index (κ1) is 14.8. The summed E-state index contributed by atoms with van der Waals surface area (Å²) in [5.41, 5.74) is 6.55. The summed E-state index contributed by atoms with van der Waals surface area (Å²) < 4.78 is 0. The minimum atomic E-state index is -0.372. The Kier molecular flexibility index (Phi) is 3.72. The van der Waals surface area contributed by atoms with Crippen LogP contribution in [0.5, 0.6) is 0 Å². The van der Waals surface area contributed by atoms with E-state index in [0.29, 0.717) is 0 Å². The molecule has 2 saturated carbocycles. The van der Waals surface area contributed by atoms with Gasteiger partial charge in [-0.25, -0.2) is 0 Å². The van der Waals surface area contributed by atoms with Crippen LogP contribution in [0.2, 0.25) is 0 Å². The van der Waals surface area contributed by atoms with Gasteiger partial charge in [-0.05, 0) is 41.9 Å². The molecular formula is C16H30N2O. The van der Waals surface area contributed by atoms with Gasteiger partial charge in [-0.2, -0.15) is 0 Å². The summed E-state index contributed by atoms with van der Waals surface area (Å²) in [6.45, 7) is 11.1. The third-order valence-corrected chi connectivity index (χ3v) is 6.12. The molecule has 0 spiro atoms. The highest BCUT2D eigenvalue weighted by molar-refractivity contribution is 5.82. The van der Waals surface area contributed by atoms with Gasteiger partial charge in [0.05, 0.1) is 6.04 Å². The maximum Gasteiger partial charge on any atom is 0.237 e. The van der Waals surface area contributed by atoms with Gasteiger partial charge in [-0.3, -0.25) is 4.79 Å². The van der Waals surface area contributed by atoms with E-state index in [4.69, 9.17) is 5.73 Å². The van der Waals surface area contributed by atoms with Gasteiger partial charge in [0.1, 0.15) is 0 Å². The van der Waals surface area contributed by atoms with Crippen LogP contribution >= 0.6 is 0 Å². The number of hydrogen-bond acceptors (Lipinski definition) is 2. The van der Waals surface area contributed by atoms with Crippen LogP contribution in [0.15, 0.2) is 0 Å².